The molecule has 1 saturated heterocycles. The van der Waals surface area contributed by atoms with Gasteiger partial charge in [-0.25, -0.2) is 4.79 Å². The highest BCUT2D eigenvalue weighted by atomic mass is 32.2. The molecule has 0 radical (unpaired) electrons. The van der Waals surface area contributed by atoms with E-state index in [1.807, 2.05) is 30.3 Å². The Balaban J connectivity index is 1.98. The molecule has 0 saturated carbocycles. The predicted octanol–water partition coefficient (Wildman–Crippen LogP) is 2.09. The Morgan fingerprint density at radius 1 is 1.44 bits per heavy atom. The number of β-lactam (4-membered cyclic amide) rings is 1. The van der Waals surface area contributed by atoms with Crippen molar-refractivity contribution in [3.8, 4) is 0 Å². The number of nitrogens with zero attached hydrogens (tertiary/aromatic N) is 4. The van der Waals surface area contributed by atoms with Crippen LogP contribution in [0, 0.1) is 0 Å². The van der Waals surface area contributed by atoms with E-state index >= 15 is 0 Å². The number of thioether (sulfide) groups is 1. The van der Waals surface area contributed by atoms with E-state index in [4.69, 9.17) is 10.3 Å². The molecule has 1 unspecified atom stereocenters. The van der Waals surface area contributed by atoms with Crippen molar-refractivity contribution in [2.24, 2.45) is 5.11 Å². The van der Waals surface area contributed by atoms with Gasteiger partial charge in [-0.05, 0) is 11.1 Å². The molecule has 0 aliphatic carbocycles. The fourth-order valence-electron chi connectivity index (χ4n) is 3.16. The Hall–Kier alpha value is -2.97. The average Bonchev–Trinajstić information content (AvgIpc) is 2.64. The molecule has 0 aromatic heterocycles. The van der Waals surface area contributed by atoms with Crippen molar-refractivity contribution in [3.63, 3.8) is 0 Å². The smallest absolute Gasteiger partial charge is 0.352 e. The van der Waals surface area contributed by atoms with E-state index < -0.39 is 35.4 Å². The third-order valence-electron chi connectivity index (χ3n) is 4.31. The van der Waals surface area contributed by atoms with Crippen molar-refractivity contribution in [2.45, 2.75) is 30.9 Å². The topological polar surface area (TPSA) is 133 Å². The van der Waals surface area contributed by atoms with E-state index in [-0.39, 0.29) is 11.4 Å². The molecule has 10 heteroatoms. The Kier molecular flexibility index (Phi) is 5.38. The Morgan fingerprint density at radius 3 is 2.74 bits per heavy atom. The van der Waals surface area contributed by atoms with Gasteiger partial charge in [0, 0.05) is 29.6 Å². The number of carboxylic acid groups (broad SMARTS) is 1. The molecule has 1 aromatic rings. The van der Waals surface area contributed by atoms with E-state index in [0.29, 0.717) is 12.0 Å². The zero-order valence-corrected chi connectivity index (χ0v) is 15.1. The van der Waals surface area contributed by atoms with Crippen LogP contribution in [0.3, 0.4) is 0 Å². The molecule has 1 N–H and O–H groups in total. The number of azide groups is 1. The second-order valence-electron chi connectivity index (χ2n) is 6.03. The van der Waals surface area contributed by atoms with Crippen LogP contribution in [0.2, 0.25) is 0 Å². The lowest BCUT2D eigenvalue weighted by Gasteiger charge is -2.48. The molecule has 2 heterocycles. The molecular weight excluding hydrogens is 372 g/mol. The number of carbonyl (C=O) groups is 3. The number of ether oxygens (including phenoxy) is 1. The SMILES string of the molecule is CC(=O)OC(Cc1ccccc1)C1=C(C(=O)O)N2C(=O)[C@@H](N=[N+]=[N-])[C@H]2SC1. The van der Waals surface area contributed by atoms with E-state index in [2.05, 4.69) is 10.0 Å². The first-order chi connectivity index (χ1) is 12.9. The number of fused-ring (bicyclic) bond motifs is 1. The number of esters is 1. The molecule has 2 aliphatic heterocycles. The van der Waals surface area contributed by atoms with Crippen LogP contribution in [0.15, 0.2) is 46.7 Å². The molecule has 3 atom stereocenters. The summed E-state index contributed by atoms with van der Waals surface area (Å²) >= 11 is 1.29. The summed E-state index contributed by atoms with van der Waals surface area (Å²) in [7, 11) is 0. The van der Waals surface area contributed by atoms with Crippen molar-refractivity contribution in [3.05, 3.63) is 57.6 Å². The van der Waals surface area contributed by atoms with Gasteiger partial charge < -0.3 is 9.84 Å². The third-order valence-corrected chi connectivity index (χ3v) is 5.60. The molecule has 9 nitrogen and oxygen atoms in total. The van der Waals surface area contributed by atoms with Crippen LogP contribution in [0.4, 0.5) is 0 Å². The van der Waals surface area contributed by atoms with Crippen LogP contribution < -0.4 is 0 Å². The van der Waals surface area contributed by atoms with Crippen molar-refractivity contribution in [2.75, 3.05) is 5.75 Å². The molecule has 0 bridgehead atoms. The van der Waals surface area contributed by atoms with Crippen LogP contribution in [0.1, 0.15) is 12.5 Å². The molecular formula is C17H16N4O5S. The highest BCUT2D eigenvalue weighted by Gasteiger charge is 2.54. The van der Waals surface area contributed by atoms with Crippen LogP contribution in [-0.2, 0) is 25.5 Å². The Bertz CT molecular complexity index is 865. The van der Waals surface area contributed by atoms with E-state index in [0.717, 1.165) is 10.5 Å². The van der Waals surface area contributed by atoms with Gasteiger partial charge in [-0.2, -0.15) is 0 Å². The van der Waals surface area contributed by atoms with Crippen molar-refractivity contribution in [1.29, 1.82) is 0 Å². The first-order valence-electron chi connectivity index (χ1n) is 8.10. The van der Waals surface area contributed by atoms with Gasteiger partial charge in [0.2, 0.25) is 5.91 Å². The summed E-state index contributed by atoms with van der Waals surface area (Å²) in [5, 5.41) is 12.6. The number of aliphatic carboxylic acids is 1. The van der Waals surface area contributed by atoms with Gasteiger partial charge in [0.25, 0.3) is 0 Å². The van der Waals surface area contributed by atoms with E-state index in [1.165, 1.54) is 18.7 Å². The van der Waals surface area contributed by atoms with Crippen LogP contribution >= 0.6 is 11.8 Å². The lowest BCUT2D eigenvalue weighted by Crippen LogP contribution is -2.64. The monoisotopic (exact) mass is 388 g/mol. The lowest BCUT2D eigenvalue weighted by atomic mass is 9.97. The summed E-state index contributed by atoms with van der Waals surface area (Å²) in [4.78, 5) is 39.6. The number of rotatable bonds is 6. The van der Waals surface area contributed by atoms with Gasteiger partial charge in [-0.15, -0.1) is 11.8 Å². The molecule has 2 aliphatic rings. The van der Waals surface area contributed by atoms with Gasteiger partial charge in [0.1, 0.15) is 23.2 Å². The van der Waals surface area contributed by atoms with Crippen molar-refractivity contribution >= 4 is 29.6 Å². The number of hydrogen-bond donors (Lipinski definition) is 1. The summed E-state index contributed by atoms with van der Waals surface area (Å²) in [5.74, 6) is -2.14. The Labute approximate surface area is 158 Å². The highest BCUT2D eigenvalue weighted by Crippen LogP contribution is 2.43. The minimum absolute atomic E-state index is 0.199. The van der Waals surface area contributed by atoms with Crippen molar-refractivity contribution in [1.82, 2.24) is 4.90 Å². The first kappa shape index (κ1) is 18.8. The molecule has 3 rings (SSSR count). The number of hydrogen-bond acceptors (Lipinski definition) is 6. The quantitative estimate of drug-likeness (QED) is 0.261. The van der Waals surface area contributed by atoms with Crippen molar-refractivity contribution < 1.29 is 24.2 Å². The van der Waals surface area contributed by atoms with Gasteiger partial charge in [0.15, 0.2) is 0 Å². The lowest BCUT2D eigenvalue weighted by molar-refractivity contribution is -0.149. The van der Waals surface area contributed by atoms with Crippen LogP contribution in [-0.4, -0.2) is 51.1 Å². The minimum Gasteiger partial charge on any atom is -0.477 e. The maximum absolute atomic E-state index is 12.3. The summed E-state index contributed by atoms with van der Waals surface area (Å²) in [6, 6.07) is 8.30. The number of carboxylic acids is 1. The van der Waals surface area contributed by atoms with E-state index in [1.54, 1.807) is 0 Å². The van der Waals surface area contributed by atoms with Crippen LogP contribution in [0.5, 0.6) is 0 Å². The standard InChI is InChI=1S/C17H16N4O5S/c1-9(22)26-12(7-10-5-3-2-4-6-10)11-8-27-16-13(19-20-18)15(23)21(16)14(11)17(24)25/h2-6,12-13,16H,7-8H2,1H3,(H,24,25)/t12?,13-,16-/m1/s1. The van der Waals surface area contributed by atoms with Gasteiger partial charge in [-0.3, -0.25) is 14.5 Å². The zero-order chi connectivity index (χ0) is 19.6. The zero-order valence-electron chi connectivity index (χ0n) is 14.3. The van der Waals surface area contributed by atoms with Gasteiger partial charge in [-0.1, -0.05) is 35.4 Å². The first-order valence-corrected chi connectivity index (χ1v) is 9.15. The summed E-state index contributed by atoms with van der Waals surface area (Å²) in [6.07, 6.45) is -0.518. The average molecular weight is 388 g/mol. The van der Waals surface area contributed by atoms with Gasteiger partial charge >= 0.3 is 11.9 Å². The van der Waals surface area contributed by atoms with Gasteiger partial charge in [0.05, 0.1) is 0 Å². The van der Waals surface area contributed by atoms with Crippen LogP contribution in [0.25, 0.3) is 10.4 Å². The predicted molar refractivity (Wildman–Crippen MR) is 96.4 cm³/mol. The largest absolute Gasteiger partial charge is 0.477 e. The Morgan fingerprint density at radius 2 is 2.15 bits per heavy atom. The number of carbonyl (C=O) groups excluding carboxylic acids is 2. The fourth-order valence-corrected chi connectivity index (χ4v) is 4.55. The maximum atomic E-state index is 12.3. The molecule has 1 fully saturated rings. The summed E-state index contributed by atoms with van der Waals surface area (Å²) in [6.45, 7) is 1.25. The minimum atomic E-state index is -1.28. The summed E-state index contributed by atoms with van der Waals surface area (Å²) < 4.78 is 5.40. The molecule has 1 aromatic carbocycles. The third kappa shape index (κ3) is 3.62. The molecule has 0 spiro atoms. The molecule has 27 heavy (non-hydrogen) atoms. The molecule has 1 amide bonds. The summed E-state index contributed by atoms with van der Waals surface area (Å²) in [5.41, 5.74) is 9.61. The number of amides is 1. The second kappa shape index (κ2) is 7.73. The maximum Gasteiger partial charge on any atom is 0.352 e. The van der Waals surface area contributed by atoms with E-state index in [9.17, 15) is 19.5 Å². The molecule has 140 valence electrons. The normalized spacial score (nSPS) is 22.3. The number of benzene rings is 1. The second-order valence-corrected chi connectivity index (χ2v) is 7.13. The highest BCUT2D eigenvalue weighted by molar-refractivity contribution is 8.00. The fraction of sp³-hybridized carbons (Fsp3) is 0.353.